The van der Waals surface area contributed by atoms with E-state index in [1.807, 2.05) is 0 Å². The van der Waals surface area contributed by atoms with Gasteiger partial charge in [0.1, 0.15) is 0 Å². The third-order valence-corrected chi connectivity index (χ3v) is 3.52. The van der Waals surface area contributed by atoms with Crippen molar-refractivity contribution in [1.82, 2.24) is 14.7 Å². The first-order valence-electron chi connectivity index (χ1n) is 5.42. The molecule has 108 valence electrons. The largest absolute Gasteiger partial charge is 0.480 e. The van der Waals surface area contributed by atoms with Crippen LogP contribution in [0.1, 0.15) is 13.8 Å². The van der Waals surface area contributed by atoms with E-state index in [1.54, 1.807) is 20.0 Å². The van der Waals surface area contributed by atoms with E-state index in [1.165, 1.54) is 7.11 Å². The van der Waals surface area contributed by atoms with Crippen molar-refractivity contribution in [1.29, 1.82) is 0 Å². The number of anilines is 1. The normalized spacial score (nSPS) is 12.3. The first-order valence-corrected chi connectivity index (χ1v) is 8.11. The first-order chi connectivity index (χ1) is 8.63. The number of hydrogen-bond acceptors (Lipinski definition) is 6. The van der Waals surface area contributed by atoms with Crippen LogP contribution < -0.4 is 14.8 Å². The lowest BCUT2D eigenvalue weighted by molar-refractivity contribution is 0.394. The van der Waals surface area contributed by atoms with Crippen molar-refractivity contribution in [2.45, 2.75) is 19.4 Å². The monoisotopic (exact) mass is 352 g/mol. The Kier molecular flexibility index (Phi) is 5.11. The fraction of sp³-hybridized carbons (Fsp3) is 0.600. The maximum atomic E-state index is 11.2. The van der Waals surface area contributed by atoms with Gasteiger partial charge < -0.3 is 10.1 Å². The van der Waals surface area contributed by atoms with Gasteiger partial charge in [0.25, 0.3) is 0 Å². The molecule has 1 heterocycles. The molecule has 1 rings (SSSR count). The molecule has 0 fully saturated rings. The molecule has 19 heavy (non-hydrogen) atoms. The summed E-state index contributed by atoms with van der Waals surface area (Å²) in [6.45, 7) is 3.86. The van der Waals surface area contributed by atoms with Gasteiger partial charge in [-0.15, -0.1) is 0 Å². The molecule has 0 saturated carbocycles. The highest BCUT2D eigenvalue weighted by Crippen LogP contribution is 2.21. The van der Waals surface area contributed by atoms with E-state index in [0.29, 0.717) is 22.8 Å². The van der Waals surface area contributed by atoms with Crippen LogP contribution in [0, 0.1) is 0 Å². The van der Waals surface area contributed by atoms with Gasteiger partial charge in [0, 0.05) is 12.1 Å². The number of hydrogen-bond donors (Lipinski definition) is 2. The Labute approximate surface area is 121 Å². The van der Waals surface area contributed by atoms with Gasteiger partial charge in [-0.05, 0) is 29.8 Å². The van der Waals surface area contributed by atoms with Gasteiger partial charge in [0.15, 0.2) is 0 Å². The number of methoxy groups -OCH3 is 1. The second-order valence-corrected chi connectivity index (χ2v) is 7.27. The zero-order valence-corrected chi connectivity index (χ0v) is 13.6. The summed E-state index contributed by atoms with van der Waals surface area (Å²) >= 11 is 3.25. The lowest BCUT2D eigenvalue weighted by Gasteiger charge is -2.25. The van der Waals surface area contributed by atoms with Gasteiger partial charge >= 0.3 is 0 Å². The van der Waals surface area contributed by atoms with E-state index in [-0.39, 0.29) is 0 Å². The third kappa shape index (κ3) is 5.70. The second-order valence-electron chi connectivity index (χ2n) is 4.66. The molecule has 0 unspecified atom stereocenters. The highest BCUT2D eigenvalue weighted by atomic mass is 79.9. The number of rotatable bonds is 6. The fourth-order valence-corrected chi connectivity index (χ4v) is 2.85. The van der Waals surface area contributed by atoms with Crippen molar-refractivity contribution in [3.05, 3.63) is 10.7 Å². The summed E-state index contributed by atoms with van der Waals surface area (Å²) in [6.07, 6.45) is 2.68. The molecule has 0 aromatic carbocycles. The van der Waals surface area contributed by atoms with Crippen LogP contribution in [0.25, 0.3) is 0 Å². The number of ether oxygens (including phenoxy) is 1. The Morgan fingerprint density at radius 3 is 2.63 bits per heavy atom. The van der Waals surface area contributed by atoms with E-state index in [9.17, 15) is 8.42 Å². The molecule has 0 atom stereocenters. The first kappa shape index (κ1) is 16.1. The maximum Gasteiger partial charge on any atom is 0.232 e. The smallest absolute Gasteiger partial charge is 0.232 e. The molecule has 0 spiro atoms. The molecule has 0 bridgehead atoms. The number of nitrogens with zero attached hydrogens (tertiary/aromatic N) is 2. The summed E-state index contributed by atoms with van der Waals surface area (Å²) in [4.78, 5) is 8.18. The Morgan fingerprint density at radius 1 is 1.47 bits per heavy atom. The van der Waals surface area contributed by atoms with Crippen LogP contribution in [0.15, 0.2) is 10.7 Å². The number of sulfonamides is 1. The van der Waals surface area contributed by atoms with Gasteiger partial charge in [-0.3, -0.25) is 0 Å². The van der Waals surface area contributed by atoms with E-state index in [2.05, 4.69) is 35.9 Å². The summed E-state index contributed by atoms with van der Waals surface area (Å²) in [5.74, 6) is 0.773. The van der Waals surface area contributed by atoms with Crippen LogP contribution in [-0.4, -0.2) is 43.8 Å². The predicted molar refractivity (Wildman–Crippen MR) is 76.8 cm³/mol. The molecular formula is C10H17BrN4O3S. The molecular weight excluding hydrogens is 336 g/mol. The molecule has 9 heteroatoms. The highest BCUT2D eigenvalue weighted by Gasteiger charge is 2.22. The predicted octanol–water partition coefficient (Wildman–Crippen LogP) is 0.987. The molecule has 0 aliphatic rings. The molecule has 1 aromatic rings. The average Bonchev–Trinajstić information content (AvgIpc) is 2.25. The molecule has 0 aliphatic carbocycles. The van der Waals surface area contributed by atoms with Crippen molar-refractivity contribution in [2.24, 2.45) is 0 Å². The lowest BCUT2D eigenvalue weighted by atomic mass is 10.1. The van der Waals surface area contributed by atoms with Crippen molar-refractivity contribution in [2.75, 3.05) is 25.2 Å². The molecule has 1 aromatic heterocycles. The molecule has 0 amide bonds. The van der Waals surface area contributed by atoms with E-state index >= 15 is 0 Å². The number of halogens is 1. The van der Waals surface area contributed by atoms with E-state index in [0.717, 1.165) is 6.26 Å². The number of aromatic nitrogens is 2. The van der Waals surface area contributed by atoms with Crippen LogP contribution in [0.5, 0.6) is 5.88 Å². The minimum absolute atomic E-state index is 0.338. The fourth-order valence-electron chi connectivity index (χ4n) is 1.42. The quantitative estimate of drug-likeness (QED) is 0.792. The van der Waals surface area contributed by atoms with Crippen molar-refractivity contribution < 1.29 is 13.2 Å². The Balaban J connectivity index is 2.71. The molecule has 2 N–H and O–H groups in total. The minimum atomic E-state index is -3.27. The van der Waals surface area contributed by atoms with Gasteiger partial charge in [-0.1, -0.05) is 0 Å². The summed E-state index contributed by atoms with van der Waals surface area (Å²) < 4.78 is 30.6. The van der Waals surface area contributed by atoms with Gasteiger partial charge in [0.05, 0.1) is 24.0 Å². The van der Waals surface area contributed by atoms with E-state index < -0.39 is 15.6 Å². The standard InChI is InChI=1S/C10H17BrN4O3S/c1-10(2,15-19(4,16)17)6-13-9-12-5-7(11)8(14-9)18-3/h5,15H,6H2,1-4H3,(H,12,13,14). The zero-order chi connectivity index (χ0) is 14.7. The number of nitrogens with one attached hydrogen (secondary N) is 2. The van der Waals surface area contributed by atoms with Crippen LogP contribution in [0.4, 0.5) is 5.95 Å². The second kappa shape index (κ2) is 6.02. The van der Waals surface area contributed by atoms with Crippen LogP contribution in [-0.2, 0) is 10.0 Å². The minimum Gasteiger partial charge on any atom is -0.480 e. The highest BCUT2D eigenvalue weighted by molar-refractivity contribution is 9.10. The average molecular weight is 353 g/mol. The Morgan fingerprint density at radius 2 is 2.11 bits per heavy atom. The van der Waals surface area contributed by atoms with Gasteiger partial charge in [-0.25, -0.2) is 18.1 Å². The van der Waals surface area contributed by atoms with Gasteiger partial charge in [-0.2, -0.15) is 4.98 Å². The van der Waals surface area contributed by atoms with Crippen molar-refractivity contribution in [3.63, 3.8) is 0 Å². The lowest BCUT2D eigenvalue weighted by Crippen LogP contribution is -2.47. The zero-order valence-electron chi connectivity index (χ0n) is 11.2. The Bertz CT molecular complexity index is 548. The molecule has 0 aliphatic heterocycles. The topological polar surface area (TPSA) is 93.2 Å². The summed E-state index contributed by atoms with van der Waals surface area (Å²) in [5.41, 5.74) is -0.656. The third-order valence-electron chi connectivity index (χ3n) is 2.06. The SMILES string of the molecule is COc1nc(NCC(C)(C)NS(C)(=O)=O)ncc1Br. The van der Waals surface area contributed by atoms with Crippen LogP contribution in [0.3, 0.4) is 0 Å². The van der Waals surface area contributed by atoms with E-state index in [4.69, 9.17) is 4.74 Å². The molecule has 7 nitrogen and oxygen atoms in total. The van der Waals surface area contributed by atoms with Crippen molar-refractivity contribution in [3.8, 4) is 5.88 Å². The maximum absolute atomic E-state index is 11.2. The van der Waals surface area contributed by atoms with Crippen LogP contribution >= 0.6 is 15.9 Å². The summed E-state index contributed by atoms with van der Waals surface area (Å²) in [6, 6.07) is 0. The Hall–Kier alpha value is -0.930. The summed E-state index contributed by atoms with van der Waals surface area (Å²) in [7, 11) is -1.76. The van der Waals surface area contributed by atoms with Crippen molar-refractivity contribution >= 4 is 31.9 Å². The van der Waals surface area contributed by atoms with Crippen LogP contribution in [0.2, 0.25) is 0 Å². The van der Waals surface area contributed by atoms with Gasteiger partial charge in [0.2, 0.25) is 21.9 Å². The summed E-state index contributed by atoms with van der Waals surface area (Å²) in [5, 5.41) is 2.96. The molecule has 0 radical (unpaired) electrons. The molecule has 0 saturated heterocycles.